The minimum atomic E-state index is -4.39. The summed E-state index contributed by atoms with van der Waals surface area (Å²) < 4.78 is 34.7. The maximum absolute atomic E-state index is 12.8. The predicted molar refractivity (Wildman–Crippen MR) is 354 cm³/mol. The Bertz CT molecular complexity index is 1430. The van der Waals surface area contributed by atoms with Crippen molar-refractivity contribution in [3.8, 4) is 0 Å². The van der Waals surface area contributed by atoms with Gasteiger partial charge in [0.25, 0.3) is 0 Å². The molecule has 0 radical (unpaired) electrons. The Morgan fingerprint density at radius 3 is 0.976 bits per heavy atom. The van der Waals surface area contributed by atoms with Crippen LogP contribution in [0.5, 0.6) is 0 Å². The largest absolute Gasteiger partial charge is 0.472 e. The molecule has 0 aliphatic carbocycles. The van der Waals surface area contributed by atoms with Gasteiger partial charge in [-0.2, -0.15) is 0 Å². The third-order valence-corrected chi connectivity index (χ3v) is 17.5. The molecule has 486 valence electrons. The first-order valence-electron chi connectivity index (χ1n) is 36.1. The van der Waals surface area contributed by atoms with E-state index in [0.717, 1.165) is 51.4 Å². The van der Waals surface area contributed by atoms with Crippen molar-refractivity contribution >= 4 is 19.8 Å². The van der Waals surface area contributed by atoms with E-state index in [1.165, 1.54) is 289 Å². The lowest BCUT2D eigenvalue weighted by atomic mass is 10.0. The zero-order valence-electron chi connectivity index (χ0n) is 55.5. The van der Waals surface area contributed by atoms with E-state index >= 15 is 0 Å². The zero-order valence-corrected chi connectivity index (χ0v) is 56.4. The van der Waals surface area contributed by atoms with Crippen LogP contribution in [0.1, 0.15) is 373 Å². The van der Waals surface area contributed by atoms with Gasteiger partial charge < -0.3 is 18.9 Å². The first-order chi connectivity index (χ1) is 40.0. The molecule has 0 aliphatic heterocycles. The third kappa shape index (κ3) is 67.6. The number of hydrogen-bond acceptors (Lipinski definition) is 7. The van der Waals surface area contributed by atoms with Crippen LogP contribution in [0.2, 0.25) is 0 Å². The maximum atomic E-state index is 12.8. The van der Waals surface area contributed by atoms with Crippen molar-refractivity contribution in [1.29, 1.82) is 0 Å². The van der Waals surface area contributed by atoms with Crippen LogP contribution in [0.3, 0.4) is 0 Å². The fourth-order valence-electron chi connectivity index (χ4n) is 10.9. The lowest BCUT2D eigenvalue weighted by Crippen LogP contribution is -2.37. The average Bonchev–Trinajstić information content (AvgIpc) is 3.46. The van der Waals surface area contributed by atoms with Crippen LogP contribution in [0, 0.1) is 0 Å². The Hall–Kier alpha value is -1.51. The number of carbonyl (C=O) groups is 2. The summed E-state index contributed by atoms with van der Waals surface area (Å²) in [6.07, 6.45) is 80.3. The topological polar surface area (TPSA) is 108 Å². The molecule has 0 fully saturated rings. The number of unbranched alkanes of at least 4 members (excludes halogenated alkanes) is 50. The normalized spacial score (nSPS) is 13.2. The maximum Gasteiger partial charge on any atom is 0.472 e. The first kappa shape index (κ1) is 80.5. The fraction of sp³-hybridized carbons (Fsp3) is 0.917. The minimum absolute atomic E-state index is 0.0325. The summed E-state index contributed by atoms with van der Waals surface area (Å²) in [5.41, 5.74) is 0. The number of nitrogens with zero attached hydrogens (tertiary/aromatic N) is 1. The van der Waals surface area contributed by atoms with Gasteiger partial charge in [-0.15, -0.1) is 0 Å². The molecule has 0 spiro atoms. The molecule has 0 amide bonds. The molecule has 2 atom stereocenters. The number of hydrogen-bond donors (Lipinski definition) is 1. The number of allylic oxidation sites excluding steroid dienone is 4. The van der Waals surface area contributed by atoms with Crippen molar-refractivity contribution in [2.45, 2.75) is 380 Å². The van der Waals surface area contributed by atoms with Gasteiger partial charge >= 0.3 is 19.8 Å². The molecular weight excluding hydrogens is 1040 g/mol. The van der Waals surface area contributed by atoms with E-state index in [0.29, 0.717) is 23.9 Å². The molecule has 0 aliphatic rings. The highest BCUT2D eigenvalue weighted by molar-refractivity contribution is 7.47. The average molecular weight is 1180 g/mol. The number of esters is 2. The smallest absolute Gasteiger partial charge is 0.462 e. The quantitative estimate of drug-likeness (QED) is 0.0211. The molecule has 0 rings (SSSR count). The van der Waals surface area contributed by atoms with Gasteiger partial charge in [0.05, 0.1) is 27.7 Å². The molecule has 0 heterocycles. The standard InChI is InChI=1S/C72H140NO8P/c1-6-8-10-12-14-16-18-20-22-24-26-27-28-29-30-31-32-33-34-35-36-37-38-39-40-41-42-43-44-45-46-47-49-50-52-54-56-58-60-62-64-71(74)78-68-70(69-80-82(76,77)79-67-66-73(3,4)5)81-72(75)65-63-61-59-57-55-53-51-48-25-23-21-19-17-15-13-11-9-7-2/h17,19,23,25,70H,6-16,18,20-22,24,26-69H2,1-5H3/p+1/b19-17-,25-23-. The van der Waals surface area contributed by atoms with Gasteiger partial charge in [0.2, 0.25) is 0 Å². The van der Waals surface area contributed by atoms with Gasteiger partial charge in [0, 0.05) is 12.8 Å². The number of ether oxygens (including phenoxy) is 2. The van der Waals surface area contributed by atoms with Crippen LogP contribution >= 0.6 is 7.82 Å². The second-order valence-electron chi connectivity index (χ2n) is 26.0. The van der Waals surface area contributed by atoms with E-state index in [1.807, 2.05) is 21.1 Å². The van der Waals surface area contributed by atoms with E-state index in [-0.39, 0.29) is 25.6 Å². The summed E-state index contributed by atoms with van der Waals surface area (Å²) in [6, 6.07) is 0. The van der Waals surface area contributed by atoms with Crippen LogP contribution < -0.4 is 0 Å². The molecule has 0 saturated heterocycles. The molecule has 0 saturated carbocycles. The third-order valence-electron chi connectivity index (χ3n) is 16.5. The van der Waals surface area contributed by atoms with E-state index in [2.05, 4.69) is 38.2 Å². The summed E-state index contributed by atoms with van der Waals surface area (Å²) >= 11 is 0. The van der Waals surface area contributed by atoms with Crippen LogP contribution in [0.25, 0.3) is 0 Å². The molecule has 0 aromatic rings. The second kappa shape index (κ2) is 64.0. The summed E-state index contributed by atoms with van der Waals surface area (Å²) in [4.78, 5) is 35.8. The van der Waals surface area contributed by atoms with Crippen LogP contribution in [0.4, 0.5) is 0 Å². The predicted octanol–water partition coefficient (Wildman–Crippen LogP) is 23.3. The number of rotatable bonds is 68. The fourth-order valence-corrected chi connectivity index (χ4v) is 11.7. The summed E-state index contributed by atoms with van der Waals surface area (Å²) in [7, 11) is 1.49. The molecule has 0 aromatic heterocycles. The van der Waals surface area contributed by atoms with Crippen molar-refractivity contribution in [3.05, 3.63) is 24.3 Å². The van der Waals surface area contributed by atoms with E-state index in [1.54, 1.807) is 0 Å². The van der Waals surface area contributed by atoms with Gasteiger partial charge in [-0.3, -0.25) is 18.6 Å². The number of phosphoric acid groups is 1. The molecule has 0 bridgehead atoms. The molecule has 1 N–H and O–H groups in total. The summed E-state index contributed by atoms with van der Waals surface area (Å²) in [5, 5.41) is 0. The van der Waals surface area contributed by atoms with Gasteiger partial charge in [0.1, 0.15) is 19.8 Å². The minimum Gasteiger partial charge on any atom is -0.462 e. The number of phosphoric ester groups is 1. The highest BCUT2D eigenvalue weighted by Crippen LogP contribution is 2.43. The van der Waals surface area contributed by atoms with Crippen molar-refractivity contribution in [1.82, 2.24) is 0 Å². The zero-order chi connectivity index (χ0) is 59.8. The Morgan fingerprint density at radius 2 is 0.659 bits per heavy atom. The lowest BCUT2D eigenvalue weighted by molar-refractivity contribution is -0.870. The molecule has 82 heavy (non-hydrogen) atoms. The van der Waals surface area contributed by atoms with Crippen molar-refractivity contribution < 1.29 is 42.1 Å². The first-order valence-corrected chi connectivity index (χ1v) is 37.6. The lowest BCUT2D eigenvalue weighted by Gasteiger charge is -2.24. The van der Waals surface area contributed by atoms with Crippen LogP contribution in [-0.2, 0) is 32.7 Å². The van der Waals surface area contributed by atoms with Gasteiger partial charge in [-0.05, 0) is 44.9 Å². The van der Waals surface area contributed by atoms with Gasteiger partial charge in [0.15, 0.2) is 6.10 Å². The molecule has 0 aromatic carbocycles. The van der Waals surface area contributed by atoms with Crippen LogP contribution in [0.15, 0.2) is 24.3 Å². The van der Waals surface area contributed by atoms with E-state index in [4.69, 9.17) is 18.5 Å². The molecule has 9 nitrogen and oxygen atoms in total. The highest BCUT2D eigenvalue weighted by Gasteiger charge is 2.27. The molecule has 10 heteroatoms. The van der Waals surface area contributed by atoms with Gasteiger partial charge in [-0.25, -0.2) is 4.57 Å². The van der Waals surface area contributed by atoms with Crippen molar-refractivity contribution in [2.24, 2.45) is 0 Å². The number of carbonyl (C=O) groups excluding carboxylic acids is 2. The number of quaternary nitrogens is 1. The van der Waals surface area contributed by atoms with E-state index < -0.39 is 26.5 Å². The summed E-state index contributed by atoms with van der Waals surface area (Å²) in [6.45, 7) is 4.47. The number of likely N-dealkylation sites (N-methyl/N-ethyl adjacent to an activating group) is 1. The van der Waals surface area contributed by atoms with Crippen LogP contribution in [-0.4, -0.2) is 74.9 Å². The van der Waals surface area contributed by atoms with Crippen molar-refractivity contribution in [2.75, 3.05) is 47.5 Å². The monoisotopic (exact) mass is 1180 g/mol. The summed E-state index contributed by atoms with van der Waals surface area (Å²) in [5.74, 6) is -0.788. The highest BCUT2D eigenvalue weighted by atomic mass is 31.2. The Balaban J connectivity index is 3.84. The van der Waals surface area contributed by atoms with E-state index in [9.17, 15) is 19.0 Å². The Labute approximate surface area is 510 Å². The van der Waals surface area contributed by atoms with Crippen molar-refractivity contribution in [3.63, 3.8) is 0 Å². The molecular formula is C72H141NO8P+. The second-order valence-corrected chi connectivity index (χ2v) is 27.4. The SMILES string of the molecule is CCCCCC/C=C\C/C=C\CCCCCCCCCC(=O)OC(COC(=O)CCCCCCCCCCCCCCCCCCCCCCCCCCCCCCCCCCCCCCCCCC)COP(=O)(O)OCC[N+](C)(C)C. The van der Waals surface area contributed by atoms with Gasteiger partial charge in [-0.1, -0.05) is 340 Å². The Kier molecular flexibility index (Phi) is 62.8. The molecule has 2 unspecified atom stereocenters. The Morgan fingerprint density at radius 1 is 0.378 bits per heavy atom.